The molecule has 0 radical (unpaired) electrons. The molecular weight excluding hydrogens is 297 g/mol. The van der Waals surface area contributed by atoms with E-state index >= 15 is 0 Å². The number of sulfonamides is 1. The molecule has 0 heterocycles. The number of benzene rings is 1. The molecule has 6 nitrogen and oxygen atoms in total. The van der Waals surface area contributed by atoms with Gasteiger partial charge in [0.1, 0.15) is 5.82 Å². The predicted molar refractivity (Wildman–Crippen MR) is 78.9 cm³/mol. The van der Waals surface area contributed by atoms with E-state index in [0.717, 1.165) is 6.07 Å². The van der Waals surface area contributed by atoms with Crippen LogP contribution in [0.4, 0.5) is 14.9 Å². The van der Waals surface area contributed by atoms with Crippen LogP contribution in [-0.2, 0) is 10.0 Å². The molecule has 0 saturated heterocycles. The summed E-state index contributed by atoms with van der Waals surface area (Å²) in [6.45, 7) is 7.97. The van der Waals surface area contributed by atoms with Crippen molar-refractivity contribution >= 4 is 21.7 Å². The first-order chi connectivity index (χ1) is 9.35. The molecule has 0 aliphatic heterocycles. The minimum atomic E-state index is -4.14. The standard InChI is InChI=1S/C13H20FN3O3S/c1-7-6-9(14)10(15)8(2)11(7)21(19,20)17-12(18)16-13(3,4)5/h6H,15H2,1-5H3,(H2,16,17,18). The molecular formula is C13H20FN3O3S. The van der Waals surface area contributed by atoms with Crippen LogP contribution in [0.2, 0.25) is 0 Å². The van der Waals surface area contributed by atoms with E-state index in [0.29, 0.717) is 0 Å². The van der Waals surface area contributed by atoms with Crippen LogP contribution in [0.25, 0.3) is 0 Å². The molecule has 2 amide bonds. The van der Waals surface area contributed by atoms with Gasteiger partial charge in [-0.05, 0) is 51.8 Å². The Morgan fingerprint density at radius 1 is 1.29 bits per heavy atom. The highest BCUT2D eigenvalue weighted by Gasteiger charge is 2.26. The number of aryl methyl sites for hydroxylation is 1. The zero-order chi connectivity index (χ0) is 16.6. The fraction of sp³-hybridized carbons (Fsp3) is 0.462. The van der Waals surface area contributed by atoms with Gasteiger partial charge in [0.15, 0.2) is 0 Å². The summed E-state index contributed by atoms with van der Waals surface area (Å²) in [6.07, 6.45) is 0. The summed E-state index contributed by atoms with van der Waals surface area (Å²) in [4.78, 5) is 11.5. The third kappa shape index (κ3) is 4.07. The number of nitrogens with two attached hydrogens (primary N) is 1. The highest BCUT2D eigenvalue weighted by Crippen LogP contribution is 2.27. The maximum Gasteiger partial charge on any atom is 0.329 e. The van der Waals surface area contributed by atoms with Gasteiger partial charge in [-0.15, -0.1) is 0 Å². The molecule has 1 aromatic carbocycles. The van der Waals surface area contributed by atoms with E-state index in [4.69, 9.17) is 5.73 Å². The number of halogens is 1. The van der Waals surface area contributed by atoms with Crippen LogP contribution in [0.5, 0.6) is 0 Å². The maximum atomic E-state index is 13.5. The van der Waals surface area contributed by atoms with E-state index in [1.165, 1.54) is 13.8 Å². The Kier molecular flexibility index (Phi) is 4.52. The van der Waals surface area contributed by atoms with Gasteiger partial charge in [0.25, 0.3) is 10.0 Å². The lowest BCUT2D eigenvalue weighted by Crippen LogP contribution is -2.48. The van der Waals surface area contributed by atoms with E-state index in [1.54, 1.807) is 20.8 Å². The molecule has 8 heteroatoms. The highest BCUT2D eigenvalue weighted by atomic mass is 32.2. The average Bonchev–Trinajstić information content (AvgIpc) is 2.21. The minimum Gasteiger partial charge on any atom is -0.396 e. The summed E-state index contributed by atoms with van der Waals surface area (Å²) in [6, 6.07) is 0.169. The van der Waals surface area contributed by atoms with Gasteiger partial charge >= 0.3 is 6.03 Å². The Hall–Kier alpha value is -1.83. The van der Waals surface area contributed by atoms with E-state index in [1.807, 2.05) is 4.72 Å². The Balaban J connectivity index is 3.22. The molecule has 1 aromatic rings. The van der Waals surface area contributed by atoms with Gasteiger partial charge in [-0.3, -0.25) is 0 Å². The van der Waals surface area contributed by atoms with Crippen molar-refractivity contribution in [2.75, 3.05) is 5.73 Å². The number of hydrogen-bond acceptors (Lipinski definition) is 4. The fourth-order valence-corrected chi connectivity index (χ4v) is 3.28. The Morgan fingerprint density at radius 2 is 1.81 bits per heavy atom. The van der Waals surface area contributed by atoms with Gasteiger partial charge in [-0.25, -0.2) is 22.3 Å². The number of carbonyl (C=O) groups excluding carboxylic acids is 1. The van der Waals surface area contributed by atoms with Crippen molar-refractivity contribution in [1.82, 2.24) is 10.0 Å². The van der Waals surface area contributed by atoms with Crippen molar-refractivity contribution in [2.45, 2.75) is 45.1 Å². The van der Waals surface area contributed by atoms with Gasteiger partial charge in [0, 0.05) is 5.54 Å². The second-order valence-electron chi connectivity index (χ2n) is 5.85. The van der Waals surface area contributed by atoms with Crippen molar-refractivity contribution in [3.63, 3.8) is 0 Å². The van der Waals surface area contributed by atoms with Gasteiger partial charge in [-0.1, -0.05) is 0 Å². The molecule has 118 valence electrons. The molecule has 0 aromatic heterocycles. The van der Waals surface area contributed by atoms with Crippen molar-refractivity contribution in [1.29, 1.82) is 0 Å². The van der Waals surface area contributed by atoms with Gasteiger partial charge in [0.2, 0.25) is 0 Å². The fourth-order valence-electron chi connectivity index (χ4n) is 1.88. The SMILES string of the molecule is Cc1cc(F)c(N)c(C)c1S(=O)(=O)NC(=O)NC(C)(C)C. The number of rotatable bonds is 2. The summed E-state index contributed by atoms with van der Waals surface area (Å²) >= 11 is 0. The van der Waals surface area contributed by atoms with E-state index in [2.05, 4.69) is 5.32 Å². The Labute approximate surface area is 124 Å². The molecule has 0 aliphatic carbocycles. The summed E-state index contributed by atoms with van der Waals surface area (Å²) in [5, 5.41) is 2.48. The Bertz CT molecular complexity index is 679. The molecule has 0 saturated carbocycles. The van der Waals surface area contributed by atoms with Crippen molar-refractivity contribution in [3.05, 3.63) is 23.0 Å². The lowest BCUT2D eigenvalue weighted by Gasteiger charge is -2.21. The summed E-state index contributed by atoms with van der Waals surface area (Å²) in [5.74, 6) is -0.692. The van der Waals surface area contributed by atoms with Gasteiger partial charge in [0.05, 0.1) is 10.6 Å². The third-order valence-electron chi connectivity index (χ3n) is 2.69. The van der Waals surface area contributed by atoms with Gasteiger partial charge in [-0.2, -0.15) is 0 Å². The first-order valence-corrected chi connectivity index (χ1v) is 7.73. The molecule has 0 bridgehead atoms. The number of amides is 2. The minimum absolute atomic E-state index is 0.0727. The zero-order valence-electron chi connectivity index (χ0n) is 12.7. The normalized spacial score (nSPS) is 12.1. The quantitative estimate of drug-likeness (QED) is 0.724. The number of hydrogen-bond donors (Lipinski definition) is 3. The number of anilines is 1. The van der Waals surface area contributed by atoms with Crippen LogP contribution in [0, 0.1) is 19.7 Å². The molecule has 0 unspecified atom stereocenters. The smallest absolute Gasteiger partial charge is 0.329 e. The van der Waals surface area contributed by atoms with Crippen LogP contribution >= 0.6 is 0 Å². The second-order valence-corrected chi connectivity index (χ2v) is 7.47. The Morgan fingerprint density at radius 3 is 2.29 bits per heavy atom. The number of carbonyl (C=O) groups is 1. The third-order valence-corrected chi connectivity index (χ3v) is 4.31. The summed E-state index contributed by atoms with van der Waals surface area (Å²) in [5.41, 5.74) is 4.92. The number of nitrogen functional groups attached to an aromatic ring is 1. The predicted octanol–water partition coefficient (Wildman–Crippen LogP) is 1.81. The van der Waals surface area contributed by atoms with Gasteiger partial charge < -0.3 is 11.1 Å². The van der Waals surface area contributed by atoms with E-state index in [-0.39, 0.29) is 21.7 Å². The largest absolute Gasteiger partial charge is 0.396 e. The number of urea groups is 1. The van der Waals surface area contributed by atoms with Crippen LogP contribution < -0.4 is 15.8 Å². The lowest BCUT2D eigenvalue weighted by atomic mass is 10.1. The number of nitrogens with one attached hydrogen (secondary N) is 2. The van der Waals surface area contributed by atoms with Crippen LogP contribution in [-0.4, -0.2) is 20.0 Å². The van der Waals surface area contributed by atoms with Crippen molar-refractivity contribution in [3.8, 4) is 0 Å². The molecule has 21 heavy (non-hydrogen) atoms. The molecule has 0 atom stereocenters. The van der Waals surface area contributed by atoms with Crippen LogP contribution in [0.15, 0.2) is 11.0 Å². The molecule has 0 fully saturated rings. The maximum absolute atomic E-state index is 13.5. The summed E-state index contributed by atoms with van der Waals surface area (Å²) in [7, 11) is -4.14. The second kappa shape index (κ2) is 5.51. The van der Waals surface area contributed by atoms with Crippen molar-refractivity contribution < 1.29 is 17.6 Å². The van der Waals surface area contributed by atoms with E-state index in [9.17, 15) is 17.6 Å². The zero-order valence-corrected chi connectivity index (χ0v) is 13.5. The van der Waals surface area contributed by atoms with Crippen LogP contribution in [0.3, 0.4) is 0 Å². The topological polar surface area (TPSA) is 101 Å². The highest BCUT2D eigenvalue weighted by molar-refractivity contribution is 7.90. The van der Waals surface area contributed by atoms with E-state index < -0.39 is 27.4 Å². The summed E-state index contributed by atoms with van der Waals surface area (Å²) < 4.78 is 39.9. The molecule has 1 rings (SSSR count). The molecule has 0 spiro atoms. The molecule has 4 N–H and O–H groups in total. The van der Waals surface area contributed by atoms with Crippen LogP contribution in [0.1, 0.15) is 31.9 Å². The molecule has 0 aliphatic rings. The average molecular weight is 317 g/mol. The monoisotopic (exact) mass is 317 g/mol. The van der Waals surface area contributed by atoms with Crippen molar-refractivity contribution in [2.24, 2.45) is 0 Å². The first-order valence-electron chi connectivity index (χ1n) is 6.25. The first kappa shape index (κ1) is 17.2. The lowest BCUT2D eigenvalue weighted by molar-refractivity contribution is 0.237.